The third-order valence-corrected chi connectivity index (χ3v) is 7.20. The highest BCUT2D eigenvalue weighted by molar-refractivity contribution is 7.15. The summed E-state index contributed by atoms with van der Waals surface area (Å²) in [5, 5.41) is 12.3. The van der Waals surface area contributed by atoms with Crippen molar-refractivity contribution in [2.75, 3.05) is 28.2 Å². The summed E-state index contributed by atoms with van der Waals surface area (Å²) in [6.45, 7) is 7.51. The molecule has 1 atom stereocenters. The summed E-state index contributed by atoms with van der Waals surface area (Å²) < 4.78 is 39.7. The Morgan fingerprint density at radius 3 is 2.65 bits per heavy atom. The number of hydrogen-bond acceptors (Lipinski definition) is 6. The molecule has 1 saturated heterocycles. The van der Waals surface area contributed by atoms with Crippen LogP contribution < -0.4 is 15.1 Å². The van der Waals surface area contributed by atoms with E-state index < -0.39 is 11.7 Å². The molecule has 0 saturated carbocycles. The second-order valence-electron chi connectivity index (χ2n) is 9.47. The minimum Gasteiger partial charge on any atom is -0.366 e. The van der Waals surface area contributed by atoms with E-state index in [1.54, 1.807) is 17.0 Å². The number of hydrogen-bond donors (Lipinski definition) is 1. The van der Waals surface area contributed by atoms with Crippen molar-refractivity contribution in [2.45, 2.75) is 44.8 Å². The molecule has 34 heavy (non-hydrogen) atoms. The van der Waals surface area contributed by atoms with Gasteiger partial charge in [-0.05, 0) is 30.7 Å². The van der Waals surface area contributed by atoms with Gasteiger partial charge in [0.25, 0.3) is 0 Å². The van der Waals surface area contributed by atoms with E-state index in [1.807, 2.05) is 26.8 Å². The zero-order valence-corrected chi connectivity index (χ0v) is 19.7. The van der Waals surface area contributed by atoms with Crippen molar-refractivity contribution in [3.63, 3.8) is 0 Å². The average molecular weight is 489 g/mol. The van der Waals surface area contributed by atoms with Gasteiger partial charge in [-0.15, -0.1) is 10.2 Å². The summed E-state index contributed by atoms with van der Waals surface area (Å²) in [5.74, 6) is 0.432. The van der Waals surface area contributed by atoms with E-state index in [4.69, 9.17) is 0 Å². The van der Waals surface area contributed by atoms with Gasteiger partial charge in [0.05, 0.1) is 23.0 Å². The van der Waals surface area contributed by atoms with Crippen LogP contribution in [0.25, 0.3) is 11.3 Å². The van der Waals surface area contributed by atoms with Crippen LogP contribution >= 0.6 is 11.3 Å². The number of nitrogens with one attached hydrogen (secondary N) is 1. The number of carbonyl (C=O) groups is 1. The fourth-order valence-corrected chi connectivity index (χ4v) is 5.01. The third kappa shape index (κ3) is 4.08. The summed E-state index contributed by atoms with van der Waals surface area (Å²) >= 11 is 1.32. The van der Waals surface area contributed by atoms with E-state index >= 15 is 0 Å². The Labute approximate surface area is 198 Å². The van der Waals surface area contributed by atoms with Gasteiger partial charge in [-0.1, -0.05) is 44.2 Å². The minimum atomic E-state index is -4.45. The fourth-order valence-electron chi connectivity index (χ4n) is 4.22. The number of rotatable bonds is 2. The smallest absolute Gasteiger partial charge is 0.366 e. The lowest BCUT2D eigenvalue weighted by molar-refractivity contribution is -0.137. The van der Waals surface area contributed by atoms with E-state index in [-0.39, 0.29) is 17.5 Å². The van der Waals surface area contributed by atoms with Crippen molar-refractivity contribution in [1.82, 2.24) is 15.2 Å². The van der Waals surface area contributed by atoms with Gasteiger partial charge in [0.15, 0.2) is 5.82 Å². The first-order chi connectivity index (χ1) is 16.0. The second-order valence-corrected chi connectivity index (χ2v) is 10.4. The Hall–Kier alpha value is -3.21. The molecule has 0 radical (unpaired) electrons. The summed E-state index contributed by atoms with van der Waals surface area (Å²) in [6, 6.07) is 8.10. The average Bonchev–Trinajstić information content (AvgIpc) is 3.41. The van der Waals surface area contributed by atoms with Gasteiger partial charge in [0.1, 0.15) is 5.01 Å². The number of halogens is 3. The summed E-state index contributed by atoms with van der Waals surface area (Å²) in [5.41, 5.74) is 0.563. The maximum atomic E-state index is 13.4. The highest BCUT2D eigenvalue weighted by Gasteiger charge is 2.41. The van der Waals surface area contributed by atoms with Crippen LogP contribution in [0.1, 0.15) is 37.8 Å². The molecule has 3 aromatic rings. The van der Waals surface area contributed by atoms with Crippen molar-refractivity contribution < 1.29 is 18.0 Å². The van der Waals surface area contributed by atoms with E-state index in [0.29, 0.717) is 28.8 Å². The lowest BCUT2D eigenvalue weighted by Crippen LogP contribution is -2.48. The van der Waals surface area contributed by atoms with Gasteiger partial charge in [-0.2, -0.15) is 13.2 Å². The highest BCUT2D eigenvalue weighted by atomic mass is 32.1. The molecule has 2 aliphatic heterocycles. The molecule has 0 unspecified atom stereocenters. The molecule has 11 heteroatoms. The van der Waals surface area contributed by atoms with E-state index in [9.17, 15) is 18.0 Å². The third-order valence-electron chi connectivity index (χ3n) is 5.94. The van der Waals surface area contributed by atoms with Crippen LogP contribution in [-0.4, -0.2) is 40.3 Å². The first-order valence-corrected chi connectivity index (χ1v) is 11.7. The number of nitrogens with zero attached hydrogens (tertiary/aromatic N) is 5. The summed E-state index contributed by atoms with van der Waals surface area (Å²) in [4.78, 5) is 21.8. The van der Waals surface area contributed by atoms with Gasteiger partial charge in [-0.3, -0.25) is 10.2 Å². The number of benzene rings is 1. The van der Waals surface area contributed by atoms with Gasteiger partial charge in [0, 0.05) is 24.1 Å². The maximum Gasteiger partial charge on any atom is 0.416 e. The van der Waals surface area contributed by atoms with Crippen LogP contribution in [0.5, 0.6) is 0 Å². The molecule has 178 valence electrons. The zero-order valence-electron chi connectivity index (χ0n) is 18.8. The Morgan fingerprint density at radius 1 is 1.15 bits per heavy atom. The SMILES string of the molecule is CC(C)(C)c1nnc(NC(=O)N2c3nc(-c4cccc(C(F)(F)F)c4)ccc3N3CC[C@H]2C3)s1. The number of amides is 2. The van der Waals surface area contributed by atoms with Crippen molar-refractivity contribution in [2.24, 2.45) is 0 Å². The topological polar surface area (TPSA) is 74.2 Å². The molecule has 2 aliphatic rings. The van der Waals surface area contributed by atoms with Crippen LogP contribution in [0, 0.1) is 0 Å². The molecular weight excluding hydrogens is 465 g/mol. The van der Waals surface area contributed by atoms with Gasteiger partial charge >= 0.3 is 12.2 Å². The Kier molecular flexibility index (Phi) is 5.27. The summed E-state index contributed by atoms with van der Waals surface area (Å²) in [7, 11) is 0. The number of carbonyl (C=O) groups excluding carboxylic acids is 1. The predicted octanol–water partition coefficient (Wildman–Crippen LogP) is 5.55. The molecule has 2 amide bonds. The first kappa shape index (κ1) is 22.6. The van der Waals surface area contributed by atoms with E-state index in [1.165, 1.54) is 17.4 Å². The predicted molar refractivity (Wildman–Crippen MR) is 125 cm³/mol. The molecule has 2 aromatic heterocycles. The molecule has 1 N–H and O–H groups in total. The van der Waals surface area contributed by atoms with Gasteiger partial charge in [0.2, 0.25) is 5.13 Å². The van der Waals surface area contributed by atoms with Crippen molar-refractivity contribution in [3.8, 4) is 11.3 Å². The lowest BCUT2D eigenvalue weighted by atomic mass is 9.98. The second kappa shape index (κ2) is 7.93. The monoisotopic (exact) mass is 488 g/mol. The largest absolute Gasteiger partial charge is 0.416 e. The number of fused-ring (bicyclic) bond motifs is 4. The fraction of sp³-hybridized carbons (Fsp3) is 0.391. The van der Waals surface area contributed by atoms with Crippen LogP contribution in [-0.2, 0) is 11.6 Å². The number of anilines is 3. The van der Waals surface area contributed by atoms with Crippen molar-refractivity contribution in [3.05, 3.63) is 47.0 Å². The van der Waals surface area contributed by atoms with E-state index in [0.717, 1.165) is 35.8 Å². The van der Waals surface area contributed by atoms with Crippen LogP contribution in [0.3, 0.4) is 0 Å². The number of alkyl halides is 3. The summed E-state index contributed by atoms with van der Waals surface area (Å²) in [6.07, 6.45) is -3.68. The normalized spacial score (nSPS) is 17.6. The minimum absolute atomic E-state index is 0.0910. The molecular formula is C23H23F3N6OS. The van der Waals surface area contributed by atoms with Crippen molar-refractivity contribution >= 4 is 34.0 Å². The number of pyridine rings is 1. The Morgan fingerprint density at radius 2 is 1.94 bits per heavy atom. The molecule has 7 nitrogen and oxygen atoms in total. The maximum absolute atomic E-state index is 13.4. The number of urea groups is 1. The Balaban J connectivity index is 1.49. The molecule has 1 fully saturated rings. The molecule has 5 rings (SSSR count). The highest BCUT2D eigenvalue weighted by Crippen LogP contribution is 2.41. The lowest BCUT2D eigenvalue weighted by Gasteiger charge is -2.35. The standard InChI is InChI=1S/C23H23F3N6OS/c1-22(2,3)19-29-30-20(34-19)28-21(33)32-15-9-10-31(12-15)17-8-7-16(27-18(17)32)13-5-4-6-14(11-13)23(24,25)26/h4-8,11,15H,9-10,12H2,1-3H3,(H,28,30,33)/t15-/m0/s1. The van der Waals surface area contributed by atoms with Crippen LogP contribution in [0.2, 0.25) is 0 Å². The Bertz CT molecular complexity index is 1250. The molecule has 0 aliphatic carbocycles. The van der Waals surface area contributed by atoms with Crippen molar-refractivity contribution in [1.29, 1.82) is 0 Å². The molecule has 1 aromatic carbocycles. The first-order valence-electron chi connectivity index (χ1n) is 10.9. The molecule has 0 spiro atoms. The zero-order chi connectivity index (χ0) is 24.3. The molecule has 4 heterocycles. The van der Waals surface area contributed by atoms with Crippen LogP contribution in [0.4, 0.5) is 34.6 Å². The quantitative estimate of drug-likeness (QED) is 0.512. The van der Waals surface area contributed by atoms with E-state index in [2.05, 4.69) is 25.4 Å². The number of aromatic nitrogens is 3. The van der Waals surface area contributed by atoms with Crippen LogP contribution in [0.15, 0.2) is 36.4 Å². The molecule has 2 bridgehead atoms. The van der Waals surface area contributed by atoms with Gasteiger partial charge in [-0.25, -0.2) is 9.78 Å². The van der Waals surface area contributed by atoms with Gasteiger partial charge < -0.3 is 4.90 Å².